The van der Waals surface area contributed by atoms with E-state index in [0.29, 0.717) is 5.69 Å². The Balaban J connectivity index is 2.74. The number of H-pyrrole nitrogens is 1. The van der Waals surface area contributed by atoms with E-state index in [0.717, 1.165) is 5.69 Å². The second-order valence-corrected chi connectivity index (χ2v) is 2.17. The van der Waals surface area contributed by atoms with Crippen LogP contribution in [-0.2, 0) is 0 Å². The van der Waals surface area contributed by atoms with Crippen LogP contribution in [0.25, 0.3) is 0 Å². The zero-order valence-corrected chi connectivity index (χ0v) is 5.70. The molecule has 0 bridgehead atoms. The molecule has 1 aromatic rings. The summed E-state index contributed by atoms with van der Waals surface area (Å²) in [5.74, 6) is 0. The highest BCUT2D eigenvalue weighted by Crippen LogP contribution is 2.08. The SMILES string of the molecule is Cc1cc(C(O)CO)n[nH]1. The van der Waals surface area contributed by atoms with Gasteiger partial charge in [-0.25, -0.2) is 0 Å². The number of aromatic amines is 1. The highest BCUT2D eigenvalue weighted by Gasteiger charge is 2.07. The van der Waals surface area contributed by atoms with Crippen LogP contribution in [0.1, 0.15) is 17.5 Å². The van der Waals surface area contributed by atoms with Crippen LogP contribution in [0.2, 0.25) is 0 Å². The number of nitrogens with one attached hydrogen (secondary N) is 1. The van der Waals surface area contributed by atoms with Gasteiger partial charge in [-0.2, -0.15) is 5.10 Å². The lowest BCUT2D eigenvalue weighted by atomic mass is 10.2. The standard InChI is InChI=1S/C6H10N2O2/c1-4-2-5(8-7-4)6(10)3-9/h2,6,9-10H,3H2,1H3,(H,7,8). The maximum Gasteiger partial charge on any atom is 0.121 e. The number of aromatic nitrogens is 2. The summed E-state index contributed by atoms with van der Waals surface area (Å²) in [6.07, 6.45) is -0.857. The van der Waals surface area contributed by atoms with Crippen LogP contribution < -0.4 is 0 Å². The Labute approximate surface area is 58.5 Å². The van der Waals surface area contributed by atoms with E-state index >= 15 is 0 Å². The van der Waals surface area contributed by atoms with Gasteiger partial charge in [0.1, 0.15) is 6.10 Å². The lowest BCUT2D eigenvalue weighted by Gasteiger charge is -1.99. The lowest BCUT2D eigenvalue weighted by Crippen LogP contribution is -2.02. The topological polar surface area (TPSA) is 69.1 Å². The Hall–Kier alpha value is -0.870. The number of aryl methyl sites for hydroxylation is 1. The quantitative estimate of drug-likeness (QED) is 0.533. The van der Waals surface area contributed by atoms with Crippen LogP contribution in [-0.4, -0.2) is 27.0 Å². The molecule has 1 heterocycles. The zero-order chi connectivity index (χ0) is 7.56. The first-order valence-electron chi connectivity index (χ1n) is 3.05. The molecule has 0 spiro atoms. The van der Waals surface area contributed by atoms with Crippen molar-refractivity contribution < 1.29 is 10.2 Å². The van der Waals surface area contributed by atoms with Gasteiger partial charge in [-0.1, -0.05) is 0 Å². The number of hydrogen-bond acceptors (Lipinski definition) is 3. The van der Waals surface area contributed by atoms with Crippen molar-refractivity contribution in [1.82, 2.24) is 10.2 Å². The van der Waals surface area contributed by atoms with E-state index in [4.69, 9.17) is 10.2 Å². The predicted octanol–water partition coefficient (Wildman–Crippen LogP) is -0.256. The molecule has 1 rings (SSSR count). The predicted molar refractivity (Wildman–Crippen MR) is 35.4 cm³/mol. The third-order valence-electron chi connectivity index (χ3n) is 1.24. The molecule has 0 aliphatic carbocycles. The van der Waals surface area contributed by atoms with E-state index in [9.17, 15) is 0 Å². The normalized spacial score (nSPS) is 13.5. The summed E-state index contributed by atoms with van der Waals surface area (Å²) < 4.78 is 0. The van der Waals surface area contributed by atoms with Crippen LogP contribution in [0.5, 0.6) is 0 Å². The number of aliphatic hydroxyl groups is 2. The van der Waals surface area contributed by atoms with Gasteiger partial charge in [0.15, 0.2) is 0 Å². The smallest absolute Gasteiger partial charge is 0.121 e. The van der Waals surface area contributed by atoms with Gasteiger partial charge in [-0.15, -0.1) is 0 Å². The first-order valence-corrected chi connectivity index (χ1v) is 3.05. The van der Waals surface area contributed by atoms with Gasteiger partial charge in [-0.3, -0.25) is 5.10 Å². The Morgan fingerprint density at radius 1 is 1.80 bits per heavy atom. The second-order valence-electron chi connectivity index (χ2n) is 2.17. The van der Waals surface area contributed by atoms with Crippen molar-refractivity contribution in [3.05, 3.63) is 17.5 Å². The molecule has 0 radical (unpaired) electrons. The molecular weight excluding hydrogens is 132 g/mol. The molecule has 0 fully saturated rings. The molecular formula is C6H10N2O2. The van der Waals surface area contributed by atoms with Gasteiger partial charge < -0.3 is 10.2 Å². The van der Waals surface area contributed by atoms with Gasteiger partial charge in [0, 0.05) is 5.69 Å². The number of aliphatic hydroxyl groups excluding tert-OH is 2. The molecule has 0 amide bonds. The molecule has 1 atom stereocenters. The Kier molecular flexibility index (Phi) is 2.03. The van der Waals surface area contributed by atoms with Crippen molar-refractivity contribution in [2.75, 3.05) is 6.61 Å². The van der Waals surface area contributed by atoms with Crippen molar-refractivity contribution in [2.24, 2.45) is 0 Å². The minimum Gasteiger partial charge on any atom is -0.393 e. The summed E-state index contributed by atoms with van der Waals surface area (Å²) >= 11 is 0. The van der Waals surface area contributed by atoms with E-state index in [1.165, 1.54) is 0 Å². The van der Waals surface area contributed by atoms with Crippen LogP contribution in [0.15, 0.2) is 6.07 Å². The van der Waals surface area contributed by atoms with Crippen molar-refractivity contribution in [2.45, 2.75) is 13.0 Å². The first kappa shape index (κ1) is 7.24. The summed E-state index contributed by atoms with van der Waals surface area (Å²) in [7, 11) is 0. The van der Waals surface area contributed by atoms with Gasteiger partial charge in [-0.05, 0) is 13.0 Å². The maximum atomic E-state index is 9.01. The van der Waals surface area contributed by atoms with Crippen molar-refractivity contribution in [1.29, 1.82) is 0 Å². The molecule has 3 N–H and O–H groups in total. The van der Waals surface area contributed by atoms with E-state index in [1.54, 1.807) is 6.07 Å². The molecule has 0 aromatic carbocycles. The van der Waals surface area contributed by atoms with Crippen molar-refractivity contribution in [3.63, 3.8) is 0 Å². The fraction of sp³-hybridized carbons (Fsp3) is 0.500. The van der Waals surface area contributed by atoms with Gasteiger partial charge in [0.05, 0.1) is 12.3 Å². The van der Waals surface area contributed by atoms with E-state index in [1.807, 2.05) is 6.92 Å². The molecule has 0 aliphatic heterocycles. The van der Waals surface area contributed by atoms with Crippen molar-refractivity contribution in [3.8, 4) is 0 Å². The van der Waals surface area contributed by atoms with Gasteiger partial charge >= 0.3 is 0 Å². The molecule has 10 heavy (non-hydrogen) atoms. The molecule has 4 heteroatoms. The lowest BCUT2D eigenvalue weighted by molar-refractivity contribution is 0.0922. The van der Waals surface area contributed by atoms with Crippen LogP contribution >= 0.6 is 0 Å². The van der Waals surface area contributed by atoms with E-state index < -0.39 is 6.10 Å². The second kappa shape index (κ2) is 2.81. The third kappa shape index (κ3) is 1.34. The maximum absolute atomic E-state index is 9.01. The Bertz CT molecular complexity index is 209. The minimum absolute atomic E-state index is 0.287. The molecule has 0 saturated heterocycles. The zero-order valence-electron chi connectivity index (χ0n) is 5.70. The van der Waals surface area contributed by atoms with Crippen LogP contribution in [0, 0.1) is 6.92 Å². The van der Waals surface area contributed by atoms with Crippen LogP contribution in [0.4, 0.5) is 0 Å². The molecule has 1 unspecified atom stereocenters. The molecule has 1 aromatic heterocycles. The third-order valence-corrected chi connectivity index (χ3v) is 1.24. The fourth-order valence-corrected chi connectivity index (χ4v) is 0.703. The van der Waals surface area contributed by atoms with Gasteiger partial charge in [0.25, 0.3) is 0 Å². The summed E-state index contributed by atoms with van der Waals surface area (Å²) in [6.45, 7) is 1.55. The number of hydrogen-bond donors (Lipinski definition) is 3. The van der Waals surface area contributed by atoms with Crippen molar-refractivity contribution >= 4 is 0 Å². The molecule has 4 nitrogen and oxygen atoms in total. The highest BCUT2D eigenvalue weighted by atomic mass is 16.3. The first-order chi connectivity index (χ1) is 4.74. The average molecular weight is 142 g/mol. The van der Waals surface area contributed by atoms with Crippen LogP contribution in [0.3, 0.4) is 0 Å². The highest BCUT2D eigenvalue weighted by molar-refractivity contribution is 5.09. The Morgan fingerprint density at radius 3 is 2.90 bits per heavy atom. The Morgan fingerprint density at radius 2 is 2.50 bits per heavy atom. The van der Waals surface area contributed by atoms with E-state index in [2.05, 4.69) is 10.2 Å². The molecule has 0 saturated carbocycles. The average Bonchev–Trinajstić information content (AvgIpc) is 2.34. The summed E-state index contributed by atoms with van der Waals surface area (Å²) in [5.41, 5.74) is 1.36. The molecule has 0 aliphatic rings. The molecule has 56 valence electrons. The largest absolute Gasteiger partial charge is 0.393 e. The van der Waals surface area contributed by atoms with E-state index in [-0.39, 0.29) is 6.61 Å². The number of rotatable bonds is 2. The summed E-state index contributed by atoms with van der Waals surface area (Å²) in [5, 5.41) is 23.9. The minimum atomic E-state index is -0.857. The summed E-state index contributed by atoms with van der Waals surface area (Å²) in [4.78, 5) is 0. The van der Waals surface area contributed by atoms with Gasteiger partial charge in [0.2, 0.25) is 0 Å². The monoisotopic (exact) mass is 142 g/mol. The summed E-state index contributed by atoms with van der Waals surface area (Å²) in [6, 6.07) is 1.70. The number of nitrogens with zero attached hydrogens (tertiary/aromatic N) is 1. The fourth-order valence-electron chi connectivity index (χ4n) is 0.703.